The van der Waals surface area contributed by atoms with E-state index in [1.54, 1.807) is 37.4 Å². The summed E-state index contributed by atoms with van der Waals surface area (Å²) in [6.07, 6.45) is 0. The van der Waals surface area contributed by atoms with E-state index in [4.69, 9.17) is 9.47 Å². The Hall–Kier alpha value is -2.67. The molecule has 6 nitrogen and oxygen atoms in total. The number of fused-ring (bicyclic) bond motifs is 1. The molecule has 2 N–H and O–H groups in total. The van der Waals surface area contributed by atoms with Crippen molar-refractivity contribution in [3.05, 3.63) is 42.0 Å². The molecule has 130 valence electrons. The van der Waals surface area contributed by atoms with Gasteiger partial charge < -0.3 is 20.1 Å². The lowest BCUT2D eigenvalue weighted by Crippen LogP contribution is -2.26. The Morgan fingerprint density at radius 2 is 1.96 bits per heavy atom. The lowest BCUT2D eigenvalue weighted by molar-refractivity contribution is -0.115. The number of thioether (sulfide) groups is 1. The Bertz CT molecular complexity index is 838. The van der Waals surface area contributed by atoms with E-state index in [2.05, 4.69) is 10.6 Å². The van der Waals surface area contributed by atoms with Crippen LogP contribution in [0.25, 0.3) is 0 Å². The molecule has 25 heavy (non-hydrogen) atoms. The predicted octanol–water partition coefficient (Wildman–Crippen LogP) is 3.39. The molecule has 1 atom stereocenters. The van der Waals surface area contributed by atoms with Crippen LogP contribution in [0.5, 0.6) is 11.5 Å². The fraction of sp³-hybridized carbons (Fsp3) is 0.222. The van der Waals surface area contributed by atoms with Gasteiger partial charge in [-0.3, -0.25) is 9.59 Å². The van der Waals surface area contributed by atoms with Crippen molar-refractivity contribution in [3.63, 3.8) is 0 Å². The van der Waals surface area contributed by atoms with Crippen LogP contribution in [0.2, 0.25) is 0 Å². The van der Waals surface area contributed by atoms with Crippen molar-refractivity contribution in [1.29, 1.82) is 0 Å². The maximum Gasteiger partial charge on any atom is 0.255 e. The number of methoxy groups -OCH3 is 2. The number of ether oxygens (including phenoxy) is 2. The molecule has 0 radical (unpaired) electrons. The quantitative estimate of drug-likeness (QED) is 0.876. The molecule has 7 heteroatoms. The van der Waals surface area contributed by atoms with Gasteiger partial charge in [-0.2, -0.15) is 0 Å². The molecule has 0 spiro atoms. The third-order valence-corrected chi connectivity index (χ3v) is 5.00. The van der Waals surface area contributed by atoms with Gasteiger partial charge in [-0.15, -0.1) is 11.8 Å². The van der Waals surface area contributed by atoms with Crippen molar-refractivity contribution in [2.45, 2.75) is 17.1 Å². The van der Waals surface area contributed by atoms with Crippen LogP contribution in [-0.2, 0) is 4.79 Å². The minimum atomic E-state index is -0.299. The average molecular weight is 358 g/mol. The number of amides is 2. The minimum Gasteiger partial charge on any atom is -0.497 e. The van der Waals surface area contributed by atoms with E-state index in [0.717, 1.165) is 4.90 Å². The second kappa shape index (κ2) is 7.06. The molecule has 2 aromatic rings. The standard InChI is InChI=1S/C18H18N2O4S/c1-10-17(21)20-14-8-11(4-7-16(14)25-10)18(22)19-13-9-12(23-2)5-6-15(13)24-3/h4-10H,1-3H3,(H,19,22)(H,20,21)/t10-/m1/s1. The molecule has 0 saturated heterocycles. The van der Waals surface area contributed by atoms with Crippen molar-refractivity contribution in [2.75, 3.05) is 24.9 Å². The Kier molecular flexibility index (Phi) is 4.85. The molecule has 0 fully saturated rings. The summed E-state index contributed by atoms with van der Waals surface area (Å²) >= 11 is 1.48. The first-order chi connectivity index (χ1) is 12.0. The maximum atomic E-state index is 12.6. The summed E-state index contributed by atoms with van der Waals surface area (Å²) in [6, 6.07) is 10.4. The number of nitrogens with one attached hydrogen (secondary N) is 2. The third-order valence-electron chi connectivity index (χ3n) is 3.83. The highest BCUT2D eigenvalue weighted by Gasteiger charge is 2.24. The van der Waals surface area contributed by atoms with Gasteiger partial charge in [0.1, 0.15) is 11.5 Å². The molecule has 2 aromatic carbocycles. The fourth-order valence-corrected chi connectivity index (χ4v) is 3.39. The van der Waals surface area contributed by atoms with E-state index in [1.807, 2.05) is 13.0 Å². The molecule has 0 saturated carbocycles. The normalized spacial score (nSPS) is 15.8. The minimum absolute atomic E-state index is 0.0653. The van der Waals surface area contributed by atoms with Crippen LogP contribution in [0.15, 0.2) is 41.3 Å². The van der Waals surface area contributed by atoms with Gasteiger partial charge in [-0.05, 0) is 37.3 Å². The van der Waals surface area contributed by atoms with Gasteiger partial charge in [0.15, 0.2) is 0 Å². The van der Waals surface area contributed by atoms with E-state index in [0.29, 0.717) is 28.4 Å². The molecule has 1 aliphatic heterocycles. The first-order valence-electron chi connectivity index (χ1n) is 7.66. The Morgan fingerprint density at radius 3 is 2.68 bits per heavy atom. The molecule has 3 rings (SSSR count). The van der Waals surface area contributed by atoms with Crippen LogP contribution in [0.4, 0.5) is 11.4 Å². The van der Waals surface area contributed by atoms with Gasteiger partial charge in [-0.1, -0.05) is 0 Å². The van der Waals surface area contributed by atoms with Crippen molar-refractivity contribution in [1.82, 2.24) is 0 Å². The summed E-state index contributed by atoms with van der Waals surface area (Å²) < 4.78 is 10.4. The topological polar surface area (TPSA) is 76.7 Å². The van der Waals surface area contributed by atoms with E-state index in [9.17, 15) is 9.59 Å². The Balaban J connectivity index is 1.85. The molecule has 0 aliphatic carbocycles. The summed E-state index contributed by atoms with van der Waals surface area (Å²) in [5.74, 6) is 0.778. The van der Waals surface area contributed by atoms with Crippen molar-refractivity contribution in [3.8, 4) is 11.5 Å². The molecular formula is C18H18N2O4S. The van der Waals surface area contributed by atoms with Crippen LogP contribution in [0, 0.1) is 0 Å². The fourth-order valence-electron chi connectivity index (χ4n) is 2.46. The van der Waals surface area contributed by atoms with Crippen LogP contribution >= 0.6 is 11.8 Å². The van der Waals surface area contributed by atoms with Crippen LogP contribution in [0.3, 0.4) is 0 Å². The van der Waals surface area contributed by atoms with Gasteiger partial charge >= 0.3 is 0 Å². The van der Waals surface area contributed by atoms with Gasteiger partial charge in [-0.25, -0.2) is 0 Å². The van der Waals surface area contributed by atoms with Gasteiger partial charge in [0.25, 0.3) is 5.91 Å². The second-order valence-corrected chi connectivity index (χ2v) is 6.86. The average Bonchev–Trinajstić information content (AvgIpc) is 2.62. The van der Waals surface area contributed by atoms with Gasteiger partial charge in [0.2, 0.25) is 5.91 Å². The number of carbonyl (C=O) groups is 2. The number of carbonyl (C=O) groups excluding carboxylic acids is 2. The molecule has 2 amide bonds. The highest BCUT2D eigenvalue weighted by molar-refractivity contribution is 8.00. The highest BCUT2D eigenvalue weighted by atomic mass is 32.2. The smallest absolute Gasteiger partial charge is 0.255 e. The van der Waals surface area contributed by atoms with Crippen molar-refractivity contribution >= 4 is 35.0 Å². The maximum absolute atomic E-state index is 12.6. The second-order valence-electron chi connectivity index (χ2n) is 5.48. The molecule has 1 heterocycles. The Labute approximate surface area is 149 Å². The molecule has 0 unspecified atom stereocenters. The van der Waals surface area contributed by atoms with E-state index < -0.39 is 0 Å². The van der Waals surface area contributed by atoms with Crippen LogP contribution in [-0.4, -0.2) is 31.3 Å². The first kappa shape index (κ1) is 17.2. The van der Waals surface area contributed by atoms with Crippen LogP contribution < -0.4 is 20.1 Å². The molecule has 1 aliphatic rings. The van der Waals surface area contributed by atoms with E-state index >= 15 is 0 Å². The van der Waals surface area contributed by atoms with Gasteiger partial charge in [0, 0.05) is 16.5 Å². The van der Waals surface area contributed by atoms with Crippen LogP contribution in [0.1, 0.15) is 17.3 Å². The molecule has 0 bridgehead atoms. The number of benzene rings is 2. The Morgan fingerprint density at radius 1 is 1.16 bits per heavy atom. The van der Waals surface area contributed by atoms with Crippen molar-refractivity contribution in [2.24, 2.45) is 0 Å². The lowest BCUT2D eigenvalue weighted by Gasteiger charge is -2.21. The zero-order valence-electron chi connectivity index (χ0n) is 14.1. The summed E-state index contributed by atoms with van der Waals surface area (Å²) in [6.45, 7) is 1.85. The molecule has 0 aromatic heterocycles. The summed E-state index contributed by atoms with van der Waals surface area (Å²) in [5, 5.41) is 5.50. The molecular weight excluding hydrogens is 340 g/mol. The number of rotatable bonds is 4. The van der Waals surface area contributed by atoms with E-state index in [1.165, 1.54) is 18.9 Å². The largest absolute Gasteiger partial charge is 0.497 e. The highest BCUT2D eigenvalue weighted by Crippen LogP contribution is 2.36. The third kappa shape index (κ3) is 3.56. The zero-order chi connectivity index (χ0) is 18.0. The monoisotopic (exact) mass is 358 g/mol. The number of anilines is 2. The SMILES string of the molecule is COc1ccc(OC)c(NC(=O)c2ccc3c(c2)NC(=O)[C@@H](C)S3)c1. The number of hydrogen-bond acceptors (Lipinski definition) is 5. The number of hydrogen-bond donors (Lipinski definition) is 2. The van der Waals surface area contributed by atoms with Crippen molar-refractivity contribution < 1.29 is 19.1 Å². The zero-order valence-corrected chi connectivity index (χ0v) is 14.9. The summed E-state index contributed by atoms with van der Waals surface area (Å²) in [5.41, 5.74) is 1.61. The first-order valence-corrected chi connectivity index (χ1v) is 8.54. The van der Waals surface area contributed by atoms with E-state index in [-0.39, 0.29) is 17.1 Å². The predicted molar refractivity (Wildman–Crippen MR) is 97.9 cm³/mol. The van der Waals surface area contributed by atoms with Gasteiger partial charge in [0.05, 0.1) is 30.8 Å². The lowest BCUT2D eigenvalue weighted by atomic mass is 10.1. The summed E-state index contributed by atoms with van der Waals surface area (Å²) in [4.78, 5) is 25.4. The summed E-state index contributed by atoms with van der Waals surface area (Å²) in [7, 11) is 3.09.